The fourth-order valence-corrected chi connectivity index (χ4v) is 4.24. The minimum Gasteiger partial charge on any atom is -0.289 e. The van der Waals surface area contributed by atoms with Crippen molar-refractivity contribution >= 4 is 38.4 Å². The molecule has 0 atom stereocenters. The van der Waals surface area contributed by atoms with Gasteiger partial charge in [-0.15, -0.1) is 0 Å². The van der Waals surface area contributed by atoms with E-state index >= 15 is 0 Å². The van der Waals surface area contributed by atoms with Crippen molar-refractivity contribution in [3.05, 3.63) is 45.4 Å². The first-order chi connectivity index (χ1) is 13.4. The summed E-state index contributed by atoms with van der Waals surface area (Å²) < 4.78 is 2.47. The molecule has 0 aliphatic rings. The highest BCUT2D eigenvalue weighted by Crippen LogP contribution is 2.33. The van der Waals surface area contributed by atoms with E-state index in [0.717, 1.165) is 10.2 Å². The molecule has 0 aliphatic heterocycles. The van der Waals surface area contributed by atoms with Crippen molar-refractivity contribution in [3.8, 4) is 0 Å². The second-order valence-electron chi connectivity index (χ2n) is 7.16. The number of fused-ring (bicyclic) bond motifs is 3. The number of thiazole rings is 1. The van der Waals surface area contributed by atoms with Gasteiger partial charge in [-0.3, -0.25) is 19.3 Å². The molecule has 1 aromatic carbocycles. The number of amides is 1. The number of tetrazole rings is 1. The zero-order chi connectivity index (χ0) is 20.0. The zero-order valence-electron chi connectivity index (χ0n) is 15.8. The Bertz CT molecular complexity index is 1240. The zero-order valence-corrected chi connectivity index (χ0v) is 16.7. The smallest absolute Gasteiger partial charge is 0.271 e. The van der Waals surface area contributed by atoms with Crippen LogP contribution in [-0.4, -0.2) is 35.9 Å². The van der Waals surface area contributed by atoms with Crippen molar-refractivity contribution in [1.82, 2.24) is 30.0 Å². The van der Waals surface area contributed by atoms with Crippen LogP contribution in [0.3, 0.4) is 0 Å². The Kier molecular flexibility index (Phi) is 4.42. The van der Waals surface area contributed by atoms with E-state index < -0.39 is 11.5 Å². The van der Waals surface area contributed by atoms with Gasteiger partial charge in [0, 0.05) is 6.20 Å². The number of benzene rings is 1. The number of hydrogen-bond donors (Lipinski definition) is 2. The van der Waals surface area contributed by atoms with Crippen molar-refractivity contribution in [2.45, 2.75) is 39.5 Å². The molecule has 144 valence electrons. The standard InChI is InChI=1S/C18H19N7O2S/c1-8(2)10-5-13-14(6-11(10)9(3)4)28-18-19-7-12(16(27)25(13)18)15(26)20-17-21-23-24-22-17/h5-9H,1-4H3,(H2,20,21,22,23,24,26). The lowest BCUT2D eigenvalue weighted by Crippen LogP contribution is -2.26. The Morgan fingerprint density at radius 2 is 1.89 bits per heavy atom. The van der Waals surface area contributed by atoms with Gasteiger partial charge < -0.3 is 0 Å². The second-order valence-corrected chi connectivity index (χ2v) is 8.17. The Balaban J connectivity index is 1.91. The van der Waals surface area contributed by atoms with E-state index in [4.69, 9.17) is 0 Å². The number of nitrogens with zero attached hydrogens (tertiary/aromatic N) is 5. The van der Waals surface area contributed by atoms with Gasteiger partial charge in [0.25, 0.3) is 11.5 Å². The predicted octanol–water partition coefficient (Wildman–Crippen LogP) is 2.92. The van der Waals surface area contributed by atoms with Gasteiger partial charge in [0.1, 0.15) is 5.56 Å². The fraction of sp³-hybridized carbons (Fsp3) is 0.333. The highest BCUT2D eigenvalue weighted by atomic mass is 32.1. The van der Waals surface area contributed by atoms with Crippen LogP contribution in [0.1, 0.15) is 61.0 Å². The van der Waals surface area contributed by atoms with Gasteiger partial charge in [0.15, 0.2) is 4.96 Å². The minimum atomic E-state index is -0.618. The lowest BCUT2D eigenvalue weighted by atomic mass is 9.90. The van der Waals surface area contributed by atoms with E-state index in [-0.39, 0.29) is 11.5 Å². The number of carbonyl (C=O) groups is 1. The van der Waals surface area contributed by atoms with E-state index in [1.807, 2.05) is 6.07 Å². The molecule has 3 heterocycles. The number of nitrogens with one attached hydrogen (secondary N) is 2. The molecule has 10 heteroatoms. The Morgan fingerprint density at radius 3 is 2.54 bits per heavy atom. The average Bonchev–Trinajstić information content (AvgIpc) is 3.27. The van der Waals surface area contributed by atoms with E-state index in [9.17, 15) is 9.59 Å². The second kappa shape index (κ2) is 6.79. The fourth-order valence-electron chi connectivity index (χ4n) is 3.22. The summed E-state index contributed by atoms with van der Waals surface area (Å²) in [5.41, 5.74) is 2.72. The van der Waals surface area contributed by atoms with Gasteiger partial charge >= 0.3 is 0 Å². The first-order valence-electron chi connectivity index (χ1n) is 8.90. The van der Waals surface area contributed by atoms with Crippen molar-refractivity contribution in [2.75, 3.05) is 5.32 Å². The Labute approximate surface area is 163 Å². The number of anilines is 1. The van der Waals surface area contributed by atoms with Crippen molar-refractivity contribution < 1.29 is 4.79 Å². The van der Waals surface area contributed by atoms with Crippen LogP contribution in [0.2, 0.25) is 0 Å². The molecule has 0 saturated carbocycles. The van der Waals surface area contributed by atoms with E-state index in [0.29, 0.717) is 16.8 Å². The van der Waals surface area contributed by atoms with Crippen LogP contribution in [0.15, 0.2) is 23.1 Å². The molecule has 9 nitrogen and oxygen atoms in total. The molecule has 28 heavy (non-hydrogen) atoms. The van der Waals surface area contributed by atoms with Crippen LogP contribution in [-0.2, 0) is 0 Å². The molecule has 0 fully saturated rings. The monoisotopic (exact) mass is 397 g/mol. The van der Waals surface area contributed by atoms with Crippen molar-refractivity contribution in [2.24, 2.45) is 0 Å². The molecule has 4 aromatic rings. The van der Waals surface area contributed by atoms with Crippen LogP contribution < -0.4 is 10.9 Å². The lowest BCUT2D eigenvalue weighted by molar-refractivity contribution is 0.102. The minimum absolute atomic E-state index is 0.0633. The summed E-state index contributed by atoms with van der Waals surface area (Å²) in [5, 5.41) is 15.3. The molecule has 0 unspecified atom stereocenters. The lowest BCUT2D eigenvalue weighted by Gasteiger charge is -2.16. The van der Waals surface area contributed by atoms with Crippen molar-refractivity contribution in [3.63, 3.8) is 0 Å². The summed E-state index contributed by atoms with van der Waals surface area (Å²) in [7, 11) is 0. The molecular formula is C18H19N7O2S. The summed E-state index contributed by atoms with van der Waals surface area (Å²) in [6.45, 7) is 8.58. The summed E-state index contributed by atoms with van der Waals surface area (Å²) in [4.78, 5) is 30.4. The van der Waals surface area contributed by atoms with Crippen LogP contribution in [0, 0.1) is 0 Å². The third-order valence-corrected chi connectivity index (χ3v) is 5.62. The van der Waals surface area contributed by atoms with Crippen LogP contribution in [0.25, 0.3) is 15.2 Å². The number of aromatic nitrogens is 6. The van der Waals surface area contributed by atoms with E-state index in [1.54, 1.807) is 0 Å². The first-order valence-corrected chi connectivity index (χ1v) is 9.71. The Hall–Kier alpha value is -3.14. The maximum atomic E-state index is 13.1. The normalized spacial score (nSPS) is 11.8. The number of hydrogen-bond acceptors (Lipinski definition) is 7. The number of aromatic amines is 1. The van der Waals surface area contributed by atoms with Crippen molar-refractivity contribution in [1.29, 1.82) is 0 Å². The summed E-state index contributed by atoms with van der Waals surface area (Å²) in [5.74, 6) is 0.125. The van der Waals surface area contributed by atoms with Gasteiger partial charge in [-0.2, -0.15) is 0 Å². The number of rotatable bonds is 4. The van der Waals surface area contributed by atoms with Gasteiger partial charge in [-0.1, -0.05) is 44.1 Å². The quantitative estimate of drug-likeness (QED) is 0.547. The van der Waals surface area contributed by atoms with E-state index in [2.05, 4.69) is 64.7 Å². The summed E-state index contributed by atoms with van der Waals surface area (Å²) >= 11 is 1.44. The molecule has 3 aromatic heterocycles. The molecule has 0 radical (unpaired) electrons. The maximum Gasteiger partial charge on any atom is 0.271 e. The number of carbonyl (C=O) groups excluding carboxylic acids is 1. The molecule has 2 N–H and O–H groups in total. The molecule has 0 saturated heterocycles. The topological polar surface area (TPSA) is 118 Å². The highest BCUT2D eigenvalue weighted by Gasteiger charge is 2.20. The third kappa shape index (κ3) is 2.95. The van der Waals surface area contributed by atoms with Gasteiger partial charge in [0.05, 0.1) is 10.2 Å². The van der Waals surface area contributed by atoms with Gasteiger partial charge in [-0.05, 0) is 45.5 Å². The predicted molar refractivity (Wildman–Crippen MR) is 107 cm³/mol. The molecule has 0 aliphatic carbocycles. The van der Waals surface area contributed by atoms with Gasteiger partial charge in [-0.25, -0.2) is 10.1 Å². The molecule has 1 amide bonds. The highest BCUT2D eigenvalue weighted by molar-refractivity contribution is 7.23. The third-order valence-electron chi connectivity index (χ3n) is 4.60. The van der Waals surface area contributed by atoms with Crippen LogP contribution in [0.5, 0.6) is 0 Å². The average molecular weight is 397 g/mol. The summed E-state index contributed by atoms with van der Waals surface area (Å²) in [6.07, 6.45) is 1.29. The molecule has 4 rings (SSSR count). The molecular weight excluding hydrogens is 378 g/mol. The maximum absolute atomic E-state index is 13.1. The van der Waals surface area contributed by atoms with E-state index in [1.165, 1.54) is 33.1 Å². The van der Waals surface area contributed by atoms with Gasteiger partial charge in [0.2, 0.25) is 5.95 Å². The largest absolute Gasteiger partial charge is 0.289 e. The Morgan fingerprint density at radius 1 is 1.18 bits per heavy atom. The summed E-state index contributed by atoms with van der Waals surface area (Å²) in [6, 6.07) is 4.18. The first kappa shape index (κ1) is 18.2. The van der Waals surface area contributed by atoms with Crippen LogP contribution in [0.4, 0.5) is 5.95 Å². The number of H-pyrrole nitrogens is 1. The molecule has 0 spiro atoms. The molecule has 0 bridgehead atoms. The SMILES string of the molecule is CC(C)c1cc2sc3ncc(C(=O)Nc4nnn[nH]4)c(=O)n3c2cc1C(C)C. The van der Waals surface area contributed by atoms with Crippen LogP contribution >= 0.6 is 11.3 Å².